The van der Waals surface area contributed by atoms with Gasteiger partial charge in [-0.05, 0) is 6.42 Å². The van der Waals surface area contributed by atoms with Crippen molar-refractivity contribution in [1.29, 1.82) is 0 Å². The Morgan fingerprint density at radius 1 is 0.889 bits per heavy atom. The van der Waals surface area contributed by atoms with Crippen LogP contribution >= 0.6 is 0 Å². The summed E-state index contributed by atoms with van der Waals surface area (Å²) in [6.07, 6.45) is 13.8. The van der Waals surface area contributed by atoms with Crippen LogP contribution in [0.3, 0.4) is 0 Å². The van der Waals surface area contributed by atoms with Crippen LogP contribution < -0.4 is 40.0 Å². The molecule has 154 valence electrons. The predicted octanol–water partition coefficient (Wildman–Crippen LogP) is -1.15. The number of rotatable bonds is 19. The van der Waals surface area contributed by atoms with Crippen LogP contribution in [0.4, 0.5) is 0 Å². The smallest absolute Gasteiger partial charge is 0.548 e. The van der Waals surface area contributed by atoms with Gasteiger partial charge in [-0.3, -0.25) is 4.79 Å². The summed E-state index contributed by atoms with van der Waals surface area (Å²) in [6, 6.07) is 0. The summed E-state index contributed by atoms with van der Waals surface area (Å²) in [4.78, 5) is 24.3. The van der Waals surface area contributed by atoms with Crippen molar-refractivity contribution >= 4 is 11.9 Å². The molecule has 0 heterocycles. The largest absolute Gasteiger partial charge is 1.00 e. The quantitative estimate of drug-likeness (QED) is 0.213. The molecule has 0 aromatic carbocycles. The molecule has 0 aliphatic heterocycles. The SMILES string of the molecule is CCCCCCCCCCCCCC(=O)N(CCNCCO)CC(=O)[O-].[Na+]. The number of aliphatic carboxylic acids is 1. The van der Waals surface area contributed by atoms with E-state index >= 15 is 0 Å². The van der Waals surface area contributed by atoms with Gasteiger partial charge in [-0.15, -0.1) is 0 Å². The molecular weight excluding hydrogens is 355 g/mol. The van der Waals surface area contributed by atoms with Crippen LogP contribution in [0, 0.1) is 0 Å². The number of aliphatic hydroxyl groups is 1. The van der Waals surface area contributed by atoms with Gasteiger partial charge in [0.05, 0.1) is 19.1 Å². The summed E-state index contributed by atoms with van der Waals surface area (Å²) >= 11 is 0. The first-order valence-corrected chi connectivity index (χ1v) is 10.4. The Morgan fingerprint density at radius 3 is 1.89 bits per heavy atom. The van der Waals surface area contributed by atoms with Crippen LogP contribution in [0.25, 0.3) is 0 Å². The molecule has 0 saturated heterocycles. The summed E-state index contributed by atoms with van der Waals surface area (Å²) < 4.78 is 0. The maximum Gasteiger partial charge on any atom is 1.00 e. The third-order valence-corrected chi connectivity index (χ3v) is 4.51. The van der Waals surface area contributed by atoms with Gasteiger partial charge >= 0.3 is 29.6 Å². The minimum atomic E-state index is -1.24. The van der Waals surface area contributed by atoms with E-state index in [1.54, 1.807) is 0 Å². The van der Waals surface area contributed by atoms with Crippen LogP contribution in [0.15, 0.2) is 0 Å². The third kappa shape index (κ3) is 20.4. The number of unbranched alkanes of at least 4 members (excludes halogenated alkanes) is 10. The second-order valence-corrected chi connectivity index (χ2v) is 6.95. The average Bonchev–Trinajstić information content (AvgIpc) is 2.61. The molecule has 0 unspecified atom stereocenters. The molecular formula is C20H39N2NaO4. The molecule has 2 N–H and O–H groups in total. The van der Waals surface area contributed by atoms with E-state index in [0.717, 1.165) is 19.3 Å². The first kappa shape index (κ1) is 29.1. The summed E-state index contributed by atoms with van der Waals surface area (Å²) in [6.45, 7) is 3.12. The number of nitrogens with zero attached hydrogens (tertiary/aromatic N) is 1. The zero-order chi connectivity index (χ0) is 19.5. The van der Waals surface area contributed by atoms with Gasteiger partial charge in [0.1, 0.15) is 0 Å². The van der Waals surface area contributed by atoms with Gasteiger partial charge in [0.2, 0.25) is 5.91 Å². The number of hydrogen-bond acceptors (Lipinski definition) is 5. The fourth-order valence-corrected chi connectivity index (χ4v) is 2.96. The maximum atomic E-state index is 12.2. The van der Waals surface area contributed by atoms with Crippen molar-refractivity contribution in [2.75, 3.05) is 32.8 Å². The molecule has 0 aromatic rings. The van der Waals surface area contributed by atoms with Crippen molar-refractivity contribution in [3.8, 4) is 0 Å². The van der Waals surface area contributed by atoms with Crippen molar-refractivity contribution in [2.24, 2.45) is 0 Å². The standard InChI is InChI=1S/C20H40N2O4.Na/c1-2-3-4-5-6-7-8-9-10-11-12-13-19(24)22(18-20(25)26)16-14-21-15-17-23;/h21,23H,2-18H2,1H3,(H,25,26);/q;+1/p-1. The van der Waals surface area contributed by atoms with E-state index in [1.165, 1.54) is 56.3 Å². The molecule has 6 nitrogen and oxygen atoms in total. The van der Waals surface area contributed by atoms with Gasteiger partial charge in [-0.25, -0.2) is 0 Å². The van der Waals surface area contributed by atoms with Gasteiger partial charge in [0.25, 0.3) is 0 Å². The van der Waals surface area contributed by atoms with E-state index in [4.69, 9.17) is 5.11 Å². The van der Waals surface area contributed by atoms with Crippen molar-refractivity contribution in [3.63, 3.8) is 0 Å². The molecule has 1 amide bonds. The van der Waals surface area contributed by atoms with Gasteiger partial charge in [0, 0.05) is 26.1 Å². The number of aliphatic hydroxyl groups excluding tert-OH is 1. The molecule has 0 rings (SSSR count). The summed E-state index contributed by atoms with van der Waals surface area (Å²) in [5.74, 6) is -1.37. The molecule has 0 aromatic heterocycles. The molecule has 0 saturated carbocycles. The van der Waals surface area contributed by atoms with Crippen LogP contribution in [0.2, 0.25) is 0 Å². The summed E-state index contributed by atoms with van der Waals surface area (Å²) in [7, 11) is 0. The predicted molar refractivity (Wildman–Crippen MR) is 103 cm³/mol. The minimum Gasteiger partial charge on any atom is -0.548 e. The molecule has 27 heavy (non-hydrogen) atoms. The number of amides is 1. The number of nitrogens with one attached hydrogen (secondary N) is 1. The second kappa shape index (κ2) is 22.2. The zero-order valence-corrected chi connectivity index (χ0v) is 19.6. The first-order chi connectivity index (χ1) is 12.6. The van der Waals surface area contributed by atoms with E-state index in [9.17, 15) is 14.7 Å². The van der Waals surface area contributed by atoms with Crippen molar-refractivity contribution in [1.82, 2.24) is 10.2 Å². The monoisotopic (exact) mass is 394 g/mol. The normalized spacial score (nSPS) is 10.4. The van der Waals surface area contributed by atoms with E-state index in [0.29, 0.717) is 26.1 Å². The topological polar surface area (TPSA) is 92.7 Å². The van der Waals surface area contributed by atoms with E-state index in [2.05, 4.69) is 12.2 Å². The Kier molecular flexibility index (Phi) is 23.8. The number of carboxylic acid groups (broad SMARTS) is 1. The number of carbonyl (C=O) groups excluding carboxylic acids is 2. The second-order valence-electron chi connectivity index (χ2n) is 6.95. The van der Waals surface area contributed by atoms with Crippen molar-refractivity contribution < 1.29 is 49.4 Å². The number of carboxylic acids is 1. The van der Waals surface area contributed by atoms with Crippen LogP contribution in [0.5, 0.6) is 0 Å². The molecule has 0 bridgehead atoms. The Hall–Kier alpha value is -0.140. The number of carbonyl (C=O) groups is 2. The maximum absolute atomic E-state index is 12.2. The molecule has 0 atom stereocenters. The fourth-order valence-electron chi connectivity index (χ4n) is 2.96. The fraction of sp³-hybridized carbons (Fsp3) is 0.900. The average molecular weight is 395 g/mol. The molecule has 0 aliphatic rings. The van der Waals surface area contributed by atoms with Crippen molar-refractivity contribution in [2.45, 2.75) is 84.0 Å². The number of hydrogen-bond donors (Lipinski definition) is 2. The third-order valence-electron chi connectivity index (χ3n) is 4.51. The Balaban J connectivity index is 0. The van der Waals surface area contributed by atoms with Crippen molar-refractivity contribution in [3.05, 3.63) is 0 Å². The molecule has 0 fully saturated rings. The Bertz CT molecular complexity index is 357. The molecule has 0 radical (unpaired) electrons. The summed E-state index contributed by atoms with van der Waals surface area (Å²) in [5, 5.41) is 22.5. The first-order valence-electron chi connectivity index (χ1n) is 10.4. The molecule has 0 spiro atoms. The minimum absolute atomic E-state index is 0. The van der Waals surface area contributed by atoms with Crippen LogP contribution in [0.1, 0.15) is 84.0 Å². The van der Waals surface area contributed by atoms with Gasteiger partial charge in [-0.1, -0.05) is 71.1 Å². The Morgan fingerprint density at radius 2 is 1.41 bits per heavy atom. The molecule has 0 aliphatic carbocycles. The van der Waals surface area contributed by atoms with Gasteiger partial charge in [0.15, 0.2) is 0 Å². The molecule has 7 heteroatoms. The Labute approximate surface area is 187 Å². The van der Waals surface area contributed by atoms with E-state index in [-0.39, 0.29) is 48.6 Å². The van der Waals surface area contributed by atoms with Crippen LogP contribution in [-0.4, -0.2) is 54.7 Å². The van der Waals surface area contributed by atoms with Gasteiger partial charge < -0.3 is 25.2 Å². The van der Waals surface area contributed by atoms with E-state index in [1.807, 2.05) is 0 Å². The zero-order valence-electron chi connectivity index (χ0n) is 17.6. The summed E-state index contributed by atoms with van der Waals surface area (Å²) in [5.41, 5.74) is 0. The van der Waals surface area contributed by atoms with Gasteiger partial charge in [-0.2, -0.15) is 0 Å². The van der Waals surface area contributed by atoms with E-state index < -0.39 is 5.97 Å². The van der Waals surface area contributed by atoms with Crippen LogP contribution in [-0.2, 0) is 9.59 Å².